The molecule has 5 nitrogen and oxygen atoms in total. The molecule has 0 aromatic carbocycles. The van der Waals surface area contributed by atoms with E-state index in [4.69, 9.17) is 5.11 Å². The molecule has 2 heterocycles. The Morgan fingerprint density at radius 1 is 1.58 bits per heavy atom. The van der Waals surface area contributed by atoms with Crippen molar-refractivity contribution in [2.24, 2.45) is 7.05 Å². The number of aliphatic hydroxyl groups excluding tert-OH is 1. The summed E-state index contributed by atoms with van der Waals surface area (Å²) in [7, 11) is 1.82. The summed E-state index contributed by atoms with van der Waals surface area (Å²) >= 11 is 0. The molecule has 0 radical (unpaired) electrons. The monoisotopic (exact) mass is 265 g/mol. The lowest BCUT2D eigenvalue weighted by Gasteiger charge is -2.24. The number of rotatable bonds is 5. The molecule has 2 rings (SSSR count). The number of nitrogens with zero attached hydrogens (tertiary/aromatic N) is 3. The van der Waals surface area contributed by atoms with Gasteiger partial charge in [-0.25, -0.2) is 0 Å². The second-order valence-corrected chi connectivity index (χ2v) is 5.16. The Labute approximate surface area is 114 Å². The summed E-state index contributed by atoms with van der Waals surface area (Å²) in [6.45, 7) is 3.06. The van der Waals surface area contributed by atoms with Crippen LogP contribution in [-0.2, 0) is 13.5 Å². The first-order valence-electron chi connectivity index (χ1n) is 7.12. The van der Waals surface area contributed by atoms with Crippen molar-refractivity contribution >= 4 is 5.91 Å². The van der Waals surface area contributed by atoms with Crippen LogP contribution in [0.15, 0.2) is 6.07 Å². The molecule has 1 unspecified atom stereocenters. The molecule has 5 heteroatoms. The van der Waals surface area contributed by atoms with Crippen molar-refractivity contribution in [1.29, 1.82) is 0 Å². The third kappa shape index (κ3) is 2.97. The molecular weight excluding hydrogens is 242 g/mol. The Balaban J connectivity index is 2.11. The van der Waals surface area contributed by atoms with E-state index in [-0.39, 0.29) is 18.6 Å². The second-order valence-electron chi connectivity index (χ2n) is 5.16. The van der Waals surface area contributed by atoms with Crippen LogP contribution in [0.5, 0.6) is 0 Å². The first-order valence-corrected chi connectivity index (χ1v) is 7.12. The zero-order chi connectivity index (χ0) is 13.8. The Hall–Kier alpha value is -1.36. The summed E-state index contributed by atoms with van der Waals surface area (Å²) in [4.78, 5) is 14.5. The summed E-state index contributed by atoms with van der Waals surface area (Å²) in [6.07, 6.45) is 4.60. The van der Waals surface area contributed by atoms with E-state index < -0.39 is 0 Å². The van der Waals surface area contributed by atoms with Gasteiger partial charge in [-0.3, -0.25) is 9.48 Å². The molecule has 1 saturated heterocycles. The van der Waals surface area contributed by atoms with Crippen molar-refractivity contribution in [3.8, 4) is 0 Å². The van der Waals surface area contributed by atoms with E-state index in [1.165, 1.54) is 0 Å². The highest BCUT2D eigenvalue weighted by Crippen LogP contribution is 2.23. The third-order valence-electron chi connectivity index (χ3n) is 3.85. The lowest BCUT2D eigenvalue weighted by atomic mass is 10.1. The van der Waals surface area contributed by atoms with Gasteiger partial charge in [-0.2, -0.15) is 5.10 Å². The zero-order valence-corrected chi connectivity index (χ0v) is 11.8. The van der Waals surface area contributed by atoms with E-state index >= 15 is 0 Å². The van der Waals surface area contributed by atoms with Gasteiger partial charge in [-0.05, 0) is 38.2 Å². The number of carbonyl (C=O) groups is 1. The minimum Gasteiger partial charge on any atom is -0.396 e. The average molecular weight is 265 g/mol. The largest absolute Gasteiger partial charge is 0.396 e. The van der Waals surface area contributed by atoms with Gasteiger partial charge < -0.3 is 10.0 Å². The van der Waals surface area contributed by atoms with Gasteiger partial charge in [0.05, 0.1) is 5.69 Å². The molecule has 1 aromatic heterocycles. The van der Waals surface area contributed by atoms with Crippen molar-refractivity contribution in [3.05, 3.63) is 17.5 Å². The van der Waals surface area contributed by atoms with Gasteiger partial charge >= 0.3 is 0 Å². The molecule has 1 fully saturated rings. The fourth-order valence-corrected chi connectivity index (χ4v) is 2.78. The standard InChI is InChI=1S/C14H23N3O2/c1-3-11-10-13(16(2)15-11)14(19)17-8-4-6-12(17)7-5-9-18/h10,12,18H,3-9H2,1-2H3. The number of amides is 1. The maximum atomic E-state index is 12.6. The first kappa shape index (κ1) is 14.1. The van der Waals surface area contributed by atoms with Crippen LogP contribution in [0.4, 0.5) is 0 Å². The van der Waals surface area contributed by atoms with Crippen LogP contribution in [0.25, 0.3) is 0 Å². The van der Waals surface area contributed by atoms with Crippen LogP contribution in [0.2, 0.25) is 0 Å². The van der Waals surface area contributed by atoms with Gasteiger partial charge in [0.2, 0.25) is 0 Å². The number of hydrogen-bond acceptors (Lipinski definition) is 3. The van der Waals surface area contributed by atoms with Crippen molar-refractivity contribution < 1.29 is 9.90 Å². The number of aryl methyl sites for hydroxylation is 2. The lowest BCUT2D eigenvalue weighted by Crippen LogP contribution is -2.36. The number of hydrogen-bond donors (Lipinski definition) is 1. The second kappa shape index (κ2) is 6.19. The third-order valence-corrected chi connectivity index (χ3v) is 3.85. The van der Waals surface area contributed by atoms with Crippen LogP contribution in [0.1, 0.15) is 48.8 Å². The molecule has 1 aliphatic heterocycles. The molecule has 1 aromatic rings. The molecule has 106 valence electrons. The Morgan fingerprint density at radius 2 is 2.37 bits per heavy atom. The molecule has 0 bridgehead atoms. The van der Waals surface area contributed by atoms with Crippen molar-refractivity contribution in [2.75, 3.05) is 13.2 Å². The highest BCUT2D eigenvalue weighted by molar-refractivity contribution is 5.93. The van der Waals surface area contributed by atoms with Gasteiger partial charge in [0.25, 0.3) is 5.91 Å². The molecular formula is C14H23N3O2. The zero-order valence-electron chi connectivity index (χ0n) is 11.8. The van der Waals surface area contributed by atoms with Crippen LogP contribution in [0.3, 0.4) is 0 Å². The Bertz CT molecular complexity index is 442. The van der Waals surface area contributed by atoms with Crippen LogP contribution in [-0.4, -0.2) is 44.9 Å². The van der Waals surface area contributed by atoms with Crippen LogP contribution < -0.4 is 0 Å². The van der Waals surface area contributed by atoms with E-state index in [9.17, 15) is 4.79 Å². The molecule has 1 aliphatic rings. The van der Waals surface area contributed by atoms with Gasteiger partial charge in [0.15, 0.2) is 0 Å². The highest BCUT2D eigenvalue weighted by atomic mass is 16.3. The summed E-state index contributed by atoms with van der Waals surface area (Å²) in [5.74, 6) is 0.0788. The maximum Gasteiger partial charge on any atom is 0.272 e. The number of carbonyl (C=O) groups excluding carboxylic acids is 1. The van der Waals surface area contributed by atoms with Crippen molar-refractivity contribution in [1.82, 2.24) is 14.7 Å². The molecule has 1 atom stereocenters. The molecule has 0 saturated carbocycles. The van der Waals surface area contributed by atoms with Gasteiger partial charge in [-0.1, -0.05) is 6.92 Å². The molecule has 19 heavy (non-hydrogen) atoms. The quantitative estimate of drug-likeness (QED) is 0.874. The molecule has 0 aliphatic carbocycles. The Morgan fingerprint density at radius 3 is 3.00 bits per heavy atom. The summed E-state index contributed by atoms with van der Waals surface area (Å²) in [6, 6.07) is 2.17. The maximum absolute atomic E-state index is 12.6. The van der Waals surface area contributed by atoms with Crippen molar-refractivity contribution in [3.63, 3.8) is 0 Å². The van der Waals surface area contributed by atoms with Crippen molar-refractivity contribution in [2.45, 2.75) is 45.1 Å². The normalized spacial score (nSPS) is 19.1. The SMILES string of the molecule is CCc1cc(C(=O)N2CCCC2CCCO)n(C)n1. The summed E-state index contributed by atoms with van der Waals surface area (Å²) in [5, 5.41) is 13.3. The average Bonchev–Trinajstić information content (AvgIpc) is 3.01. The van der Waals surface area contributed by atoms with E-state index in [1.54, 1.807) is 4.68 Å². The number of likely N-dealkylation sites (tertiary alicyclic amines) is 1. The summed E-state index contributed by atoms with van der Waals surface area (Å²) in [5.41, 5.74) is 1.63. The van der Waals surface area contributed by atoms with Crippen LogP contribution in [0, 0.1) is 0 Å². The first-order chi connectivity index (χ1) is 9.17. The predicted molar refractivity (Wildman–Crippen MR) is 73.0 cm³/mol. The van der Waals surface area contributed by atoms with Gasteiger partial charge in [-0.15, -0.1) is 0 Å². The van der Waals surface area contributed by atoms with Gasteiger partial charge in [0.1, 0.15) is 5.69 Å². The molecule has 1 N–H and O–H groups in total. The minimum absolute atomic E-state index is 0.0788. The number of aliphatic hydroxyl groups is 1. The Kier molecular flexibility index (Phi) is 4.58. The van der Waals surface area contributed by atoms with Gasteiger partial charge in [0, 0.05) is 26.2 Å². The molecule has 0 spiro atoms. The number of aromatic nitrogens is 2. The smallest absolute Gasteiger partial charge is 0.272 e. The van der Waals surface area contributed by atoms with E-state index in [2.05, 4.69) is 5.10 Å². The minimum atomic E-state index is 0.0788. The summed E-state index contributed by atoms with van der Waals surface area (Å²) < 4.78 is 1.68. The van der Waals surface area contributed by atoms with E-state index in [0.29, 0.717) is 5.69 Å². The lowest BCUT2D eigenvalue weighted by molar-refractivity contribution is 0.0713. The van der Waals surface area contributed by atoms with Crippen LogP contribution >= 0.6 is 0 Å². The fourth-order valence-electron chi connectivity index (χ4n) is 2.78. The topological polar surface area (TPSA) is 58.4 Å². The van der Waals surface area contributed by atoms with E-state index in [1.807, 2.05) is 24.9 Å². The molecule has 1 amide bonds. The fraction of sp³-hybridized carbons (Fsp3) is 0.714. The highest BCUT2D eigenvalue weighted by Gasteiger charge is 2.30. The van der Waals surface area contributed by atoms with E-state index in [0.717, 1.165) is 44.3 Å². The predicted octanol–water partition coefficient (Wildman–Crippen LogP) is 1.36.